The summed E-state index contributed by atoms with van der Waals surface area (Å²) in [6.45, 7) is 5.21. The average Bonchev–Trinajstić information content (AvgIpc) is 2.74. The molecule has 0 bridgehead atoms. The lowest BCUT2D eigenvalue weighted by Gasteiger charge is -2.18. The van der Waals surface area contributed by atoms with Crippen molar-refractivity contribution in [1.82, 2.24) is 0 Å². The van der Waals surface area contributed by atoms with Crippen molar-refractivity contribution in [2.45, 2.75) is 24.1 Å². The third-order valence-corrected chi connectivity index (χ3v) is 5.54. The van der Waals surface area contributed by atoms with Crippen LogP contribution >= 0.6 is 31.9 Å². The Morgan fingerprint density at radius 1 is 1.15 bits per heavy atom. The first kappa shape index (κ1) is 14.2. The van der Waals surface area contributed by atoms with Gasteiger partial charge in [0.05, 0.1) is 11.4 Å². The number of benzene rings is 2. The maximum atomic E-state index is 5.75. The highest BCUT2D eigenvalue weighted by Gasteiger charge is 2.32. The van der Waals surface area contributed by atoms with E-state index in [0.29, 0.717) is 0 Å². The SMILES string of the molecule is CC1(C)COc2ccc(C(Br)c3ccccc3Br)cc21. The van der Waals surface area contributed by atoms with Crippen molar-refractivity contribution >= 4 is 31.9 Å². The number of hydrogen-bond acceptors (Lipinski definition) is 1. The van der Waals surface area contributed by atoms with E-state index in [2.05, 4.69) is 82.1 Å². The lowest BCUT2D eigenvalue weighted by atomic mass is 9.85. The lowest BCUT2D eigenvalue weighted by molar-refractivity contribution is 0.291. The summed E-state index contributed by atoms with van der Waals surface area (Å²) < 4.78 is 6.88. The summed E-state index contributed by atoms with van der Waals surface area (Å²) in [6.07, 6.45) is 0. The van der Waals surface area contributed by atoms with Gasteiger partial charge in [0.2, 0.25) is 0 Å². The van der Waals surface area contributed by atoms with Crippen LogP contribution in [0, 0.1) is 0 Å². The molecule has 0 spiro atoms. The van der Waals surface area contributed by atoms with E-state index in [1.54, 1.807) is 0 Å². The van der Waals surface area contributed by atoms with E-state index in [0.717, 1.165) is 16.8 Å². The second kappa shape index (κ2) is 5.19. The van der Waals surface area contributed by atoms with Crippen molar-refractivity contribution in [3.8, 4) is 5.75 Å². The molecule has 1 aliphatic rings. The minimum absolute atomic E-state index is 0.0893. The van der Waals surface area contributed by atoms with Crippen LogP contribution in [-0.2, 0) is 5.41 Å². The van der Waals surface area contributed by atoms with Gasteiger partial charge in [-0.15, -0.1) is 0 Å². The maximum Gasteiger partial charge on any atom is 0.123 e. The van der Waals surface area contributed by atoms with Crippen LogP contribution < -0.4 is 4.74 Å². The topological polar surface area (TPSA) is 9.23 Å². The first-order valence-electron chi connectivity index (χ1n) is 6.65. The van der Waals surface area contributed by atoms with E-state index in [4.69, 9.17) is 4.74 Å². The zero-order valence-corrected chi connectivity index (χ0v) is 14.7. The van der Waals surface area contributed by atoms with Crippen molar-refractivity contribution in [1.29, 1.82) is 0 Å². The molecule has 0 aliphatic carbocycles. The van der Waals surface area contributed by atoms with Crippen LogP contribution in [0.5, 0.6) is 5.75 Å². The number of fused-ring (bicyclic) bond motifs is 1. The minimum atomic E-state index is 0.0893. The predicted molar refractivity (Wildman–Crippen MR) is 89.9 cm³/mol. The summed E-state index contributed by atoms with van der Waals surface area (Å²) >= 11 is 7.44. The molecule has 0 N–H and O–H groups in total. The number of ether oxygens (including phenoxy) is 1. The smallest absolute Gasteiger partial charge is 0.123 e. The molecule has 0 saturated carbocycles. The number of halogens is 2. The van der Waals surface area contributed by atoms with E-state index < -0.39 is 0 Å². The van der Waals surface area contributed by atoms with Gasteiger partial charge in [0.1, 0.15) is 5.75 Å². The van der Waals surface area contributed by atoms with Gasteiger partial charge in [-0.1, -0.05) is 70.0 Å². The molecule has 1 unspecified atom stereocenters. The number of rotatable bonds is 2. The quantitative estimate of drug-likeness (QED) is 0.601. The first-order chi connectivity index (χ1) is 9.49. The molecule has 1 atom stereocenters. The second-order valence-corrected chi connectivity index (χ2v) is 7.58. The molecule has 3 heteroatoms. The van der Waals surface area contributed by atoms with Gasteiger partial charge in [0, 0.05) is 15.5 Å². The number of hydrogen-bond donors (Lipinski definition) is 0. The normalized spacial score (nSPS) is 17.4. The highest BCUT2D eigenvalue weighted by atomic mass is 79.9. The monoisotopic (exact) mass is 394 g/mol. The molecule has 1 aliphatic heterocycles. The second-order valence-electron chi connectivity index (χ2n) is 5.81. The van der Waals surface area contributed by atoms with Crippen molar-refractivity contribution in [2.24, 2.45) is 0 Å². The Hall–Kier alpha value is -0.800. The van der Waals surface area contributed by atoms with Crippen LogP contribution in [0.25, 0.3) is 0 Å². The maximum absolute atomic E-state index is 5.75. The van der Waals surface area contributed by atoms with E-state index in [1.807, 2.05) is 6.07 Å². The van der Waals surface area contributed by atoms with E-state index in [1.165, 1.54) is 16.7 Å². The Bertz CT molecular complexity index is 649. The first-order valence-corrected chi connectivity index (χ1v) is 8.35. The van der Waals surface area contributed by atoms with Crippen LogP contribution in [-0.4, -0.2) is 6.61 Å². The van der Waals surface area contributed by atoms with Crippen LogP contribution in [0.4, 0.5) is 0 Å². The van der Waals surface area contributed by atoms with Gasteiger partial charge in [-0.3, -0.25) is 0 Å². The molecule has 0 amide bonds. The van der Waals surface area contributed by atoms with E-state index >= 15 is 0 Å². The van der Waals surface area contributed by atoms with E-state index in [9.17, 15) is 0 Å². The van der Waals surface area contributed by atoms with Gasteiger partial charge >= 0.3 is 0 Å². The summed E-state index contributed by atoms with van der Waals surface area (Å²) in [6, 6.07) is 14.8. The van der Waals surface area contributed by atoms with E-state index in [-0.39, 0.29) is 10.2 Å². The van der Waals surface area contributed by atoms with Crippen molar-refractivity contribution in [2.75, 3.05) is 6.61 Å². The molecule has 0 radical (unpaired) electrons. The molecule has 20 heavy (non-hydrogen) atoms. The lowest BCUT2D eigenvalue weighted by Crippen LogP contribution is -2.18. The van der Waals surface area contributed by atoms with Crippen LogP contribution in [0.3, 0.4) is 0 Å². The van der Waals surface area contributed by atoms with Crippen molar-refractivity contribution in [3.63, 3.8) is 0 Å². The zero-order chi connectivity index (χ0) is 14.3. The summed E-state index contributed by atoms with van der Waals surface area (Å²) in [5.74, 6) is 1.02. The molecule has 1 heterocycles. The minimum Gasteiger partial charge on any atom is -0.492 e. The van der Waals surface area contributed by atoms with Crippen LogP contribution in [0.2, 0.25) is 0 Å². The molecule has 0 saturated heterocycles. The van der Waals surface area contributed by atoms with Crippen molar-refractivity contribution in [3.05, 3.63) is 63.6 Å². The molecule has 2 aromatic carbocycles. The van der Waals surface area contributed by atoms with Gasteiger partial charge in [-0.05, 0) is 29.3 Å². The molecule has 1 nitrogen and oxygen atoms in total. The van der Waals surface area contributed by atoms with Crippen LogP contribution in [0.1, 0.15) is 35.4 Å². The summed E-state index contributed by atoms with van der Waals surface area (Å²) in [5, 5.41) is 0. The average molecular weight is 396 g/mol. The Morgan fingerprint density at radius 3 is 2.65 bits per heavy atom. The third kappa shape index (κ3) is 2.42. The van der Waals surface area contributed by atoms with Gasteiger partial charge in [0.15, 0.2) is 0 Å². The molecule has 0 aromatic heterocycles. The standard InChI is InChI=1S/C17H16Br2O/c1-17(2)10-20-15-8-7-11(9-13(15)17)16(19)12-5-3-4-6-14(12)18/h3-9,16H,10H2,1-2H3. The van der Waals surface area contributed by atoms with Gasteiger partial charge in [0.25, 0.3) is 0 Å². The highest BCUT2D eigenvalue weighted by Crippen LogP contribution is 2.42. The Labute approximate surface area is 136 Å². The van der Waals surface area contributed by atoms with Gasteiger partial charge < -0.3 is 4.74 Å². The van der Waals surface area contributed by atoms with Crippen LogP contribution in [0.15, 0.2) is 46.9 Å². The Kier molecular flexibility index (Phi) is 3.67. The van der Waals surface area contributed by atoms with Gasteiger partial charge in [-0.2, -0.15) is 0 Å². The van der Waals surface area contributed by atoms with Gasteiger partial charge in [-0.25, -0.2) is 0 Å². The fourth-order valence-corrected chi connectivity index (χ4v) is 4.06. The zero-order valence-electron chi connectivity index (χ0n) is 11.5. The summed E-state index contributed by atoms with van der Waals surface area (Å²) in [4.78, 5) is 0.180. The molecule has 0 fully saturated rings. The fourth-order valence-electron chi connectivity index (χ4n) is 2.56. The Balaban J connectivity index is 2.02. The molecule has 104 valence electrons. The highest BCUT2D eigenvalue weighted by molar-refractivity contribution is 9.11. The largest absolute Gasteiger partial charge is 0.492 e. The molecular weight excluding hydrogens is 380 g/mol. The molecular formula is C17H16Br2O. The summed E-state index contributed by atoms with van der Waals surface area (Å²) in [7, 11) is 0. The fraction of sp³-hybridized carbons (Fsp3) is 0.294. The third-order valence-electron chi connectivity index (χ3n) is 3.79. The summed E-state index contributed by atoms with van der Waals surface area (Å²) in [5.41, 5.74) is 3.89. The molecule has 3 rings (SSSR count). The predicted octanol–water partition coefficient (Wildman–Crippen LogP) is 5.60. The molecule has 2 aromatic rings. The van der Waals surface area contributed by atoms with Crippen molar-refractivity contribution < 1.29 is 4.74 Å². The Morgan fingerprint density at radius 2 is 1.90 bits per heavy atom. The number of alkyl halides is 1.